The van der Waals surface area contributed by atoms with Crippen molar-refractivity contribution in [3.05, 3.63) is 29.3 Å². The summed E-state index contributed by atoms with van der Waals surface area (Å²) < 4.78 is 44.9. The maximum Gasteiger partial charge on any atom is 0.229 e. The average molecular weight is 537 g/mol. The molecular formula is C26H32O12. The molecule has 12 heteroatoms. The lowest BCUT2D eigenvalue weighted by atomic mass is 9.94. The van der Waals surface area contributed by atoms with E-state index in [0.717, 1.165) is 0 Å². The Hall–Kier alpha value is -3.45. The summed E-state index contributed by atoms with van der Waals surface area (Å²) in [6, 6.07) is 4.90. The topological polar surface area (TPSA) is 152 Å². The molecule has 1 saturated heterocycles. The number of aliphatic hydroxyl groups excluding tert-OH is 3. The zero-order chi connectivity index (χ0) is 27.7. The normalized spacial score (nSPS) is 26.6. The Kier molecular flexibility index (Phi) is 8.07. The Balaban J connectivity index is 1.77. The summed E-state index contributed by atoms with van der Waals surface area (Å²) in [5, 5.41) is 30.8. The third kappa shape index (κ3) is 4.75. The van der Waals surface area contributed by atoms with Gasteiger partial charge >= 0.3 is 0 Å². The minimum Gasteiger partial charge on any atom is -0.493 e. The minimum absolute atomic E-state index is 0.0513. The largest absolute Gasteiger partial charge is 0.493 e. The van der Waals surface area contributed by atoms with Crippen molar-refractivity contribution in [3.8, 4) is 40.2 Å². The van der Waals surface area contributed by atoms with E-state index in [1.54, 1.807) is 12.1 Å². The first-order chi connectivity index (χ1) is 18.2. The van der Waals surface area contributed by atoms with Gasteiger partial charge in [-0.3, -0.25) is 4.79 Å². The van der Waals surface area contributed by atoms with E-state index < -0.39 is 36.8 Å². The molecule has 2 heterocycles. The maximum atomic E-state index is 13.6. The highest BCUT2D eigenvalue weighted by Gasteiger charge is 2.45. The van der Waals surface area contributed by atoms with Gasteiger partial charge < -0.3 is 53.2 Å². The van der Waals surface area contributed by atoms with Crippen molar-refractivity contribution in [3.63, 3.8) is 0 Å². The number of carbonyl (C=O) groups excluding carboxylic acids is 1. The van der Waals surface area contributed by atoms with Crippen molar-refractivity contribution in [2.75, 3.05) is 35.5 Å². The highest BCUT2D eigenvalue weighted by Crippen LogP contribution is 2.51. The highest BCUT2D eigenvalue weighted by atomic mass is 16.7. The number of benzene rings is 2. The minimum atomic E-state index is -1.61. The van der Waals surface area contributed by atoms with Gasteiger partial charge in [-0.05, 0) is 19.1 Å². The zero-order valence-electron chi connectivity index (χ0n) is 21.9. The molecule has 2 aliphatic rings. The smallest absolute Gasteiger partial charge is 0.229 e. The molecule has 0 saturated carbocycles. The van der Waals surface area contributed by atoms with Gasteiger partial charge in [-0.15, -0.1) is 0 Å². The third-order valence-electron chi connectivity index (χ3n) is 6.61. The summed E-state index contributed by atoms with van der Waals surface area (Å²) in [6.07, 6.45) is -7.55. The zero-order valence-corrected chi connectivity index (χ0v) is 21.9. The van der Waals surface area contributed by atoms with Crippen LogP contribution in [0.4, 0.5) is 0 Å². The number of ketones is 1. The predicted molar refractivity (Wildman–Crippen MR) is 131 cm³/mol. The second-order valence-corrected chi connectivity index (χ2v) is 8.81. The predicted octanol–water partition coefficient (Wildman–Crippen LogP) is 1.64. The number of hydrogen-bond acceptors (Lipinski definition) is 12. The number of rotatable bonds is 8. The lowest BCUT2D eigenvalue weighted by Gasteiger charge is -2.39. The SMILES string of the molecule is COc1cc(C2CC(=O)c3c(cc(OC)c(OC)c3OC3OC(C)C(O)C(O)C3O)O2)cc(OC)c1OC. The summed E-state index contributed by atoms with van der Waals surface area (Å²) in [7, 11) is 7.24. The van der Waals surface area contributed by atoms with Crippen molar-refractivity contribution in [2.24, 2.45) is 0 Å². The van der Waals surface area contributed by atoms with E-state index in [1.165, 1.54) is 48.5 Å². The fourth-order valence-corrected chi connectivity index (χ4v) is 4.57. The second kappa shape index (κ2) is 11.1. The van der Waals surface area contributed by atoms with Crippen LogP contribution in [0.25, 0.3) is 0 Å². The number of ether oxygens (including phenoxy) is 8. The Morgan fingerprint density at radius 1 is 0.763 bits per heavy atom. The summed E-state index contributed by atoms with van der Waals surface area (Å²) in [5.41, 5.74) is 0.656. The molecule has 0 aromatic heterocycles. The van der Waals surface area contributed by atoms with Gasteiger partial charge in [0.15, 0.2) is 28.8 Å². The Morgan fingerprint density at radius 3 is 1.89 bits per heavy atom. The highest BCUT2D eigenvalue weighted by molar-refractivity contribution is 6.04. The number of fused-ring (bicyclic) bond motifs is 1. The molecule has 6 atom stereocenters. The van der Waals surface area contributed by atoms with Crippen LogP contribution in [0.3, 0.4) is 0 Å². The molecule has 0 aliphatic carbocycles. The molecular weight excluding hydrogens is 504 g/mol. The van der Waals surface area contributed by atoms with Gasteiger partial charge in [0.1, 0.15) is 35.7 Å². The van der Waals surface area contributed by atoms with Crippen molar-refractivity contribution in [1.82, 2.24) is 0 Å². The van der Waals surface area contributed by atoms with Crippen molar-refractivity contribution in [2.45, 2.75) is 50.2 Å². The summed E-state index contributed by atoms with van der Waals surface area (Å²) in [5.74, 6) is 1.17. The first-order valence-electron chi connectivity index (χ1n) is 11.8. The Bertz CT molecular complexity index is 1160. The van der Waals surface area contributed by atoms with E-state index in [0.29, 0.717) is 22.8 Å². The van der Waals surface area contributed by atoms with Gasteiger partial charge in [0, 0.05) is 11.6 Å². The van der Waals surface area contributed by atoms with Gasteiger partial charge in [0.05, 0.1) is 48.1 Å². The van der Waals surface area contributed by atoms with Crippen LogP contribution in [0.2, 0.25) is 0 Å². The van der Waals surface area contributed by atoms with Gasteiger partial charge in [0.25, 0.3) is 0 Å². The number of carbonyl (C=O) groups is 1. The fraction of sp³-hybridized carbons (Fsp3) is 0.500. The standard InChI is InChI=1S/C26H32O12/c1-11-20(28)21(29)22(30)26(36-11)38-25-19-13(27)9-14(37-15(19)10-18(33-4)24(25)35-6)12-7-16(31-2)23(34-5)17(8-12)32-3/h7-8,10-11,14,20-22,26,28-30H,9H2,1-6H3. The van der Waals surface area contributed by atoms with Crippen LogP contribution in [0.15, 0.2) is 18.2 Å². The van der Waals surface area contributed by atoms with Gasteiger partial charge in [-0.1, -0.05) is 0 Å². The van der Waals surface area contributed by atoms with E-state index in [4.69, 9.17) is 37.9 Å². The van der Waals surface area contributed by atoms with Crippen LogP contribution in [-0.4, -0.2) is 87.4 Å². The van der Waals surface area contributed by atoms with E-state index in [2.05, 4.69) is 0 Å². The molecule has 0 spiro atoms. The maximum absolute atomic E-state index is 13.6. The molecule has 3 N–H and O–H groups in total. The van der Waals surface area contributed by atoms with Crippen LogP contribution in [0.1, 0.15) is 35.4 Å². The van der Waals surface area contributed by atoms with Crippen molar-refractivity contribution < 1.29 is 58.0 Å². The molecule has 4 rings (SSSR count). The van der Waals surface area contributed by atoms with Crippen LogP contribution in [0, 0.1) is 0 Å². The molecule has 208 valence electrons. The van der Waals surface area contributed by atoms with Gasteiger partial charge in [0.2, 0.25) is 17.8 Å². The number of Topliss-reactive ketones (excluding diaryl/α,β-unsaturated/α-hetero) is 1. The van der Waals surface area contributed by atoms with E-state index in [9.17, 15) is 20.1 Å². The van der Waals surface area contributed by atoms with Crippen molar-refractivity contribution in [1.29, 1.82) is 0 Å². The molecule has 0 bridgehead atoms. The van der Waals surface area contributed by atoms with E-state index in [1.807, 2.05) is 0 Å². The van der Waals surface area contributed by atoms with Crippen LogP contribution < -0.4 is 33.2 Å². The Labute approximate surface area is 219 Å². The summed E-state index contributed by atoms with van der Waals surface area (Å²) in [4.78, 5) is 13.6. The molecule has 2 aromatic carbocycles. The van der Waals surface area contributed by atoms with Crippen LogP contribution in [0.5, 0.6) is 40.2 Å². The molecule has 6 unspecified atom stereocenters. The molecule has 38 heavy (non-hydrogen) atoms. The van der Waals surface area contributed by atoms with E-state index >= 15 is 0 Å². The second-order valence-electron chi connectivity index (χ2n) is 8.81. The third-order valence-corrected chi connectivity index (χ3v) is 6.61. The molecule has 12 nitrogen and oxygen atoms in total. The van der Waals surface area contributed by atoms with Gasteiger partial charge in [-0.25, -0.2) is 0 Å². The Morgan fingerprint density at radius 2 is 1.34 bits per heavy atom. The average Bonchev–Trinajstić information content (AvgIpc) is 2.92. The number of aliphatic hydroxyl groups is 3. The van der Waals surface area contributed by atoms with Crippen molar-refractivity contribution >= 4 is 5.78 Å². The quantitative estimate of drug-likeness (QED) is 0.450. The monoisotopic (exact) mass is 536 g/mol. The van der Waals surface area contributed by atoms with Gasteiger partial charge in [-0.2, -0.15) is 0 Å². The molecule has 2 aromatic rings. The fourth-order valence-electron chi connectivity index (χ4n) is 4.57. The summed E-state index contributed by atoms with van der Waals surface area (Å²) >= 11 is 0. The summed E-state index contributed by atoms with van der Waals surface area (Å²) in [6.45, 7) is 1.52. The first kappa shape index (κ1) is 27.6. The first-order valence-corrected chi connectivity index (χ1v) is 11.8. The van der Waals surface area contributed by atoms with E-state index in [-0.39, 0.29) is 40.8 Å². The van der Waals surface area contributed by atoms with Crippen LogP contribution in [-0.2, 0) is 4.74 Å². The lowest BCUT2D eigenvalue weighted by Crippen LogP contribution is -2.58. The van der Waals surface area contributed by atoms with Crippen LogP contribution >= 0.6 is 0 Å². The number of methoxy groups -OCH3 is 5. The molecule has 2 aliphatic heterocycles. The molecule has 0 amide bonds. The number of hydrogen-bond donors (Lipinski definition) is 3. The molecule has 1 fully saturated rings. The molecule has 0 radical (unpaired) electrons. The lowest BCUT2D eigenvalue weighted by molar-refractivity contribution is -0.268.